The van der Waals surface area contributed by atoms with Gasteiger partial charge in [-0.3, -0.25) is 4.79 Å². The van der Waals surface area contributed by atoms with Crippen molar-refractivity contribution in [3.8, 4) is 0 Å². The number of fused-ring (bicyclic) bond motifs is 2. The molecule has 4 unspecified atom stereocenters. The van der Waals surface area contributed by atoms with Crippen molar-refractivity contribution in [1.82, 2.24) is 0 Å². The summed E-state index contributed by atoms with van der Waals surface area (Å²) in [4.78, 5) is 12.0. The first-order valence-corrected chi connectivity index (χ1v) is 7.71. The van der Waals surface area contributed by atoms with E-state index in [-0.39, 0.29) is 17.5 Å². The molecular formula is C16H29NO2. The lowest BCUT2D eigenvalue weighted by Gasteiger charge is -2.38. The van der Waals surface area contributed by atoms with Crippen LogP contribution < -0.4 is 5.73 Å². The van der Waals surface area contributed by atoms with Crippen molar-refractivity contribution in [2.45, 2.75) is 65.9 Å². The number of carbonyl (C=O) groups excluding carboxylic acids is 1. The van der Waals surface area contributed by atoms with Crippen LogP contribution in [0.5, 0.6) is 0 Å². The van der Waals surface area contributed by atoms with Gasteiger partial charge in [0.05, 0.1) is 0 Å². The minimum Gasteiger partial charge on any atom is -0.462 e. The minimum atomic E-state index is -0.0325. The molecule has 0 amide bonds. The van der Waals surface area contributed by atoms with E-state index < -0.39 is 0 Å². The summed E-state index contributed by atoms with van der Waals surface area (Å²) in [6, 6.07) is 0. The van der Waals surface area contributed by atoms with Gasteiger partial charge in [0.25, 0.3) is 0 Å². The second-order valence-electron chi connectivity index (χ2n) is 7.47. The number of rotatable bonds is 5. The second kappa shape index (κ2) is 5.08. The maximum absolute atomic E-state index is 12.0. The van der Waals surface area contributed by atoms with E-state index in [1.165, 1.54) is 12.8 Å². The molecule has 4 atom stereocenters. The van der Waals surface area contributed by atoms with Crippen LogP contribution in [0.3, 0.4) is 0 Å². The van der Waals surface area contributed by atoms with Crippen molar-refractivity contribution in [3.05, 3.63) is 0 Å². The van der Waals surface area contributed by atoms with Crippen LogP contribution in [-0.4, -0.2) is 18.6 Å². The zero-order valence-electron chi connectivity index (χ0n) is 12.9. The summed E-state index contributed by atoms with van der Waals surface area (Å²) >= 11 is 0. The van der Waals surface area contributed by atoms with Crippen LogP contribution in [0.2, 0.25) is 0 Å². The van der Waals surface area contributed by atoms with Gasteiger partial charge in [0.1, 0.15) is 6.10 Å². The largest absolute Gasteiger partial charge is 0.462 e. The summed E-state index contributed by atoms with van der Waals surface area (Å²) in [6.07, 6.45) is 5.02. The van der Waals surface area contributed by atoms with Crippen LogP contribution >= 0.6 is 0 Å². The second-order valence-corrected chi connectivity index (χ2v) is 7.47. The SMILES string of the molecule is CC(CN)CCC(=O)OC1CC2CCC1(C)C2(C)C. The van der Waals surface area contributed by atoms with Crippen molar-refractivity contribution in [3.63, 3.8) is 0 Å². The Morgan fingerprint density at radius 1 is 1.42 bits per heavy atom. The van der Waals surface area contributed by atoms with Gasteiger partial charge in [0, 0.05) is 11.8 Å². The molecule has 0 heterocycles. The van der Waals surface area contributed by atoms with E-state index in [9.17, 15) is 4.79 Å². The molecule has 0 aromatic heterocycles. The molecule has 2 rings (SSSR count). The lowest BCUT2D eigenvalue weighted by molar-refractivity contribution is -0.157. The Kier molecular flexibility index (Phi) is 3.97. The molecule has 0 aliphatic heterocycles. The number of hydrogen-bond donors (Lipinski definition) is 1. The van der Waals surface area contributed by atoms with Gasteiger partial charge in [-0.2, -0.15) is 0 Å². The molecule has 2 N–H and O–H groups in total. The number of hydrogen-bond acceptors (Lipinski definition) is 3. The van der Waals surface area contributed by atoms with Crippen molar-refractivity contribution in [2.24, 2.45) is 28.4 Å². The maximum atomic E-state index is 12.0. The highest BCUT2D eigenvalue weighted by molar-refractivity contribution is 5.69. The average Bonchev–Trinajstić information content (AvgIpc) is 2.69. The fraction of sp³-hybridized carbons (Fsp3) is 0.938. The zero-order chi connectivity index (χ0) is 14.3. The maximum Gasteiger partial charge on any atom is 0.306 e. The van der Waals surface area contributed by atoms with E-state index in [2.05, 4.69) is 27.7 Å². The summed E-state index contributed by atoms with van der Waals surface area (Å²) in [5.74, 6) is 1.09. The van der Waals surface area contributed by atoms with E-state index in [0.29, 0.717) is 24.3 Å². The highest BCUT2D eigenvalue weighted by atomic mass is 16.5. The molecule has 19 heavy (non-hydrogen) atoms. The molecule has 2 bridgehead atoms. The van der Waals surface area contributed by atoms with Crippen molar-refractivity contribution < 1.29 is 9.53 Å². The van der Waals surface area contributed by atoms with Gasteiger partial charge in [-0.25, -0.2) is 0 Å². The first-order valence-electron chi connectivity index (χ1n) is 7.71. The monoisotopic (exact) mass is 267 g/mol. The molecule has 2 fully saturated rings. The molecule has 2 aliphatic carbocycles. The summed E-state index contributed by atoms with van der Waals surface area (Å²) in [7, 11) is 0. The number of esters is 1. The molecule has 0 aromatic carbocycles. The highest BCUT2D eigenvalue weighted by Gasteiger charge is 2.62. The molecule has 0 saturated heterocycles. The van der Waals surface area contributed by atoms with Gasteiger partial charge in [0.2, 0.25) is 0 Å². The molecule has 0 spiro atoms. The summed E-state index contributed by atoms with van der Waals surface area (Å²) in [6.45, 7) is 9.71. The lowest BCUT2D eigenvalue weighted by Crippen LogP contribution is -2.38. The van der Waals surface area contributed by atoms with Gasteiger partial charge in [-0.15, -0.1) is 0 Å². The fourth-order valence-electron chi connectivity index (χ4n) is 4.01. The lowest BCUT2D eigenvalue weighted by atomic mass is 9.70. The summed E-state index contributed by atoms with van der Waals surface area (Å²) in [5.41, 5.74) is 6.06. The standard InChI is InChI=1S/C16H29NO2/c1-11(10-17)5-6-14(18)19-13-9-12-7-8-16(13,4)15(12,2)3/h11-13H,5-10,17H2,1-4H3. The molecule has 2 aliphatic rings. The summed E-state index contributed by atoms with van der Waals surface area (Å²) < 4.78 is 5.80. The van der Waals surface area contributed by atoms with E-state index in [1.54, 1.807) is 0 Å². The first kappa shape index (κ1) is 14.8. The Bertz CT molecular complexity index is 353. The van der Waals surface area contributed by atoms with Crippen molar-refractivity contribution in [1.29, 1.82) is 0 Å². The van der Waals surface area contributed by atoms with Gasteiger partial charge in [-0.05, 0) is 49.5 Å². The normalized spacial score (nSPS) is 37.3. The molecule has 2 saturated carbocycles. The molecule has 0 radical (unpaired) electrons. The van der Waals surface area contributed by atoms with E-state index in [4.69, 9.17) is 10.5 Å². The third-order valence-corrected chi connectivity index (χ3v) is 6.23. The molecular weight excluding hydrogens is 238 g/mol. The van der Waals surface area contributed by atoms with Gasteiger partial charge >= 0.3 is 5.97 Å². The van der Waals surface area contributed by atoms with Crippen molar-refractivity contribution >= 4 is 5.97 Å². The van der Waals surface area contributed by atoms with Crippen molar-refractivity contribution in [2.75, 3.05) is 6.54 Å². The molecule has 110 valence electrons. The Morgan fingerprint density at radius 3 is 2.58 bits per heavy atom. The number of ether oxygens (including phenoxy) is 1. The molecule has 0 aromatic rings. The minimum absolute atomic E-state index is 0.0325. The van der Waals surface area contributed by atoms with E-state index >= 15 is 0 Å². The Labute approximate surface area is 117 Å². The quantitative estimate of drug-likeness (QED) is 0.779. The third kappa shape index (κ3) is 2.42. The highest BCUT2D eigenvalue weighted by Crippen LogP contribution is 2.66. The zero-order valence-corrected chi connectivity index (χ0v) is 12.9. The predicted molar refractivity (Wildman–Crippen MR) is 76.6 cm³/mol. The van der Waals surface area contributed by atoms with Crippen LogP contribution in [-0.2, 0) is 9.53 Å². The molecule has 3 nitrogen and oxygen atoms in total. The van der Waals surface area contributed by atoms with Crippen LogP contribution in [0, 0.1) is 22.7 Å². The number of nitrogens with two attached hydrogens (primary N) is 1. The van der Waals surface area contributed by atoms with Gasteiger partial charge in [0.15, 0.2) is 0 Å². The topological polar surface area (TPSA) is 52.3 Å². The van der Waals surface area contributed by atoms with Gasteiger partial charge in [-0.1, -0.05) is 27.7 Å². The van der Waals surface area contributed by atoms with Crippen LogP contribution in [0.4, 0.5) is 0 Å². The third-order valence-electron chi connectivity index (χ3n) is 6.23. The predicted octanol–water partition coefficient (Wildman–Crippen LogP) is 3.12. The Hall–Kier alpha value is -0.570. The smallest absolute Gasteiger partial charge is 0.306 e. The Balaban J connectivity index is 1.89. The number of carbonyl (C=O) groups is 1. The Morgan fingerprint density at radius 2 is 2.11 bits per heavy atom. The van der Waals surface area contributed by atoms with Gasteiger partial charge < -0.3 is 10.5 Å². The average molecular weight is 267 g/mol. The molecule has 3 heteroatoms. The first-order chi connectivity index (χ1) is 8.81. The van der Waals surface area contributed by atoms with Crippen LogP contribution in [0.1, 0.15) is 59.8 Å². The van der Waals surface area contributed by atoms with Crippen LogP contribution in [0.25, 0.3) is 0 Å². The fourth-order valence-corrected chi connectivity index (χ4v) is 4.01. The summed E-state index contributed by atoms with van der Waals surface area (Å²) in [5, 5.41) is 0. The van der Waals surface area contributed by atoms with Crippen LogP contribution in [0.15, 0.2) is 0 Å². The van der Waals surface area contributed by atoms with E-state index in [1.807, 2.05) is 0 Å². The van der Waals surface area contributed by atoms with E-state index in [0.717, 1.165) is 18.8 Å².